The summed E-state index contributed by atoms with van der Waals surface area (Å²) in [4.78, 5) is 28.5. The Bertz CT molecular complexity index is 745. The largest absolute Gasteiger partial charge is 0.463 e. The van der Waals surface area contributed by atoms with E-state index < -0.39 is 0 Å². The average molecular weight is 437 g/mol. The van der Waals surface area contributed by atoms with Crippen LogP contribution in [0, 0.1) is 11.3 Å². The molecule has 1 saturated carbocycles. The van der Waals surface area contributed by atoms with Crippen LogP contribution in [0.3, 0.4) is 0 Å². The summed E-state index contributed by atoms with van der Waals surface area (Å²) < 4.78 is 5.22. The number of anilines is 1. The summed E-state index contributed by atoms with van der Waals surface area (Å²) in [6.07, 6.45) is 5.40. The first kappa shape index (κ1) is 24.0. The maximum atomic E-state index is 12.9. The summed E-state index contributed by atoms with van der Waals surface area (Å²) in [5.41, 5.74) is 7.01. The molecule has 1 aliphatic carbocycles. The van der Waals surface area contributed by atoms with Crippen molar-refractivity contribution < 1.29 is 14.3 Å². The van der Waals surface area contributed by atoms with E-state index in [0.717, 1.165) is 44.3 Å². The molecule has 7 nitrogen and oxygen atoms in total. The number of nitrogens with one attached hydrogen (secondary N) is 1. The van der Waals surface area contributed by atoms with Gasteiger partial charge in [-0.2, -0.15) is 0 Å². The van der Waals surface area contributed by atoms with Gasteiger partial charge in [0.2, 0.25) is 0 Å². The lowest BCUT2D eigenvalue weighted by atomic mass is 9.83. The van der Waals surface area contributed by atoms with Crippen LogP contribution in [0.2, 0.25) is 0 Å². The van der Waals surface area contributed by atoms with E-state index >= 15 is 0 Å². The number of ether oxygens (including phenoxy) is 1. The molecule has 0 atom stereocenters. The standard InChI is InChI=1S/C22H32N4O3.ClH/c1-15(2)29-20(27)12-5-16-3-8-18(9-4-16)25-13-14-26(22(25)28)19-10-6-17(7-11-19)21(23)24;/h6-7,10-11,15-16,18H,3-5,8-9,12-14H2,1-2H3,(H3,23,24);1H/t16-,18-;. The van der Waals surface area contributed by atoms with Gasteiger partial charge in [-0.05, 0) is 76.1 Å². The van der Waals surface area contributed by atoms with Crippen LogP contribution in [0.5, 0.6) is 0 Å². The molecule has 2 amide bonds. The summed E-state index contributed by atoms with van der Waals surface area (Å²) in [7, 11) is 0. The van der Waals surface area contributed by atoms with Gasteiger partial charge in [0.25, 0.3) is 0 Å². The average Bonchev–Trinajstić information content (AvgIpc) is 3.07. The molecule has 30 heavy (non-hydrogen) atoms. The maximum absolute atomic E-state index is 12.9. The minimum absolute atomic E-state index is 0. The second-order valence-electron chi connectivity index (χ2n) is 8.34. The van der Waals surface area contributed by atoms with Crippen molar-refractivity contribution in [1.82, 2.24) is 4.90 Å². The van der Waals surface area contributed by atoms with Gasteiger partial charge in [0.05, 0.1) is 6.10 Å². The minimum Gasteiger partial charge on any atom is -0.463 e. The lowest BCUT2D eigenvalue weighted by Gasteiger charge is -2.34. The van der Waals surface area contributed by atoms with Crippen LogP contribution in [0.25, 0.3) is 0 Å². The first-order valence-electron chi connectivity index (χ1n) is 10.6. The molecule has 2 fully saturated rings. The van der Waals surface area contributed by atoms with Gasteiger partial charge in [0.1, 0.15) is 5.84 Å². The van der Waals surface area contributed by atoms with E-state index in [0.29, 0.717) is 24.4 Å². The Kier molecular flexibility index (Phi) is 8.53. The monoisotopic (exact) mass is 436 g/mol. The van der Waals surface area contributed by atoms with Crippen molar-refractivity contribution in [3.63, 3.8) is 0 Å². The molecule has 8 heteroatoms. The third-order valence-corrected chi connectivity index (χ3v) is 5.91. The SMILES string of the molecule is CC(C)OC(=O)CC[C@H]1CC[C@H](N2CCN(c3ccc(C(=N)N)cc3)C2=O)CC1.Cl. The number of urea groups is 1. The fourth-order valence-corrected chi connectivity index (χ4v) is 4.34. The number of nitrogen functional groups attached to an aromatic ring is 1. The Morgan fingerprint density at radius 3 is 2.37 bits per heavy atom. The van der Waals surface area contributed by atoms with Crippen LogP contribution in [0.4, 0.5) is 10.5 Å². The van der Waals surface area contributed by atoms with Gasteiger partial charge >= 0.3 is 12.0 Å². The molecule has 0 spiro atoms. The van der Waals surface area contributed by atoms with E-state index in [4.69, 9.17) is 15.9 Å². The number of carbonyl (C=O) groups excluding carboxylic acids is 2. The lowest BCUT2D eigenvalue weighted by Crippen LogP contribution is -2.41. The van der Waals surface area contributed by atoms with Crippen LogP contribution in [0.15, 0.2) is 24.3 Å². The Morgan fingerprint density at radius 2 is 1.80 bits per heavy atom. The summed E-state index contributed by atoms with van der Waals surface area (Å²) >= 11 is 0. The van der Waals surface area contributed by atoms with Crippen LogP contribution < -0.4 is 10.6 Å². The molecule has 1 aromatic carbocycles. The summed E-state index contributed by atoms with van der Waals surface area (Å²) in [5, 5.41) is 7.48. The zero-order valence-corrected chi connectivity index (χ0v) is 18.6. The molecule has 1 heterocycles. The van der Waals surface area contributed by atoms with Crippen molar-refractivity contribution in [1.29, 1.82) is 5.41 Å². The van der Waals surface area contributed by atoms with E-state index in [1.807, 2.05) is 30.9 Å². The molecule has 1 aliphatic heterocycles. The molecule has 0 aromatic heterocycles. The first-order chi connectivity index (χ1) is 13.8. The second kappa shape index (κ2) is 10.7. The topological polar surface area (TPSA) is 99.7 Å². The van der Waals surface area contributed by atoms with Gasteiger partial charge in [-0.25, -0.2) is 4.79 Å². The van der Waals surface area contributed by atoms with Crippen molar-refractivity contribution in [3.8, 4) is 0 Å². The van der Waals surface area contributed by atoms with Crippen molar-refractivity contribution >= 4 is 35.9 Å². The quantitative estimate of drug-likeness (QED) is 0.384. The highest BCUT2D eigenvalue weighted by Gasteiger charge is 2.36. The van der Waals surface area contributed by atoms with Gasteiger partial charge in [-0.1, -0.05) is 0 Å². The van der Waals surface area contributed by atoms with E-state index in [9.17, 15) is 9.59 Å². The highest BCUT2D eigenvalue weighted by atomic mass is 35.5. The predicted octanol–water partition coefficient (Wildman–Crippen LogP) is 3.93. The molecular formula is C22H33ClN4O3. The molecule has 0 bridgehead atoms. The number of esters is 1. The number of nitrogens with zero attached hydrogens (tertiary/aromatic N) is 2. The number of hydrogen-bond donors (Lipinski definition) is 2. The third kappa shape index (κ3) is 5.88. The second-order valence-corrected chi connectivity index (χ2v) is 8.34. The van der Waals surface area contributed by atoms with Crippen LogP contribution in [-0.2, 0) is 9.53 Å². The number of nitrogens with two attached hydrogens (primary N) is 1. The summed E-state index contributed by atoms with van der Waals surface area (Å²) in [5.74, 6) is 0.460. The van der Waals surface area contributed by atoms with Crippen molar-refractivity contribution in [2.24, 2.45) is 11.7 Å². The van der Waals surface area contributed by atoms with Gasteiger partial charge in [-0.15, -0.1) is 12.4 Å². The molecule has 166 valence electrons. The van der Waals surface area contributed by atoms with Crippen molar-refractivity contribution in [2.45, 2.75) is 64.5 Å². The Hall–Kier alpha value is -2.28. The number of hydrogen-bond acceptors (Lipinski definition) is 4. The van der Waals surface area contributed by atoms with Gasteiger partial charge in [0, 0.05) is 36.8 Å². The van der Waals surface area contributed by atoms with E-state index in [1.54, 1.807) is 17.0 Å². The number of amides is 2. The van der Waals surface area contributed by atoms with Gasteiger partial charge in [0.15, 0.2) is 0 Å². The number of rotatable bonds is 7. The molecule has 3 N–H and O–H groups in total. The molecule has 0 unspecified atom stereocenters. The predicted molar refractivity (Wildman–Crippen MR) is 120 cm³/mol. The number of benzene rings is 1. The highest BCUT2D eigenvalue weighted by Crippen LogP contribution is 2.33. The molecule has 2 aliphatic rings. The Labute approximate surface area is 184 Å². The summed E-state index contributed by atoms with van der Waals surface area (Å²) in [6.45, 7) is 5.16. The molecule has 3 rings (SSSR count). The maximum Gasteiger partial charge on any atom is 0.324 e. The fraction of sp³-hybridized carbons (Fsp3) is 0.591. The Morgan fingerprint density at radius 1 is 1.17 bits per heavy atom. The summed E-state index contributed by atoms with van der Waals surface area (Å²) in [6, 6.07) is 7.61. The van der Waals surface area contributed by atoms with E-state index in [2.05, 4.69) is 0 Å². The van der Waals surface area contributed by atoms with Crippen molar-refractivity contribution in [2.75, 3.05) is 18.0 Å². The Balaban J connectivity index is 0.00000320. The molecule has 0 radical (unpaired) electrons. The van der Waals surface area contributed by atoms with Crippen LogP contribution in [-0.4, -0.2) is 48.0 Å². The molecule has 1 aromatic rings. The van der Waals surface area contributed by atoms with Gasteiger partial charge < -0.3 is 15.4 Å². The lowest BCUT2D eigenvalue weighted by molar-refractivity contribution is -0.147. The zero-order valence-electron chi connectivity index (χ0n) is 17.8. The highest BCUT2D eigenvalue weighted by molar-refractivity contribution is 5.97. The smallest absolute Gasteiger partial charge is 0.324 e. The van der Waals surface area contributed by atoms with Crippen LogP contribution >= 0.6 is 12.4 Å². The zero-order chi connectivity index (χ0) is 21.0. The fourth-order valence-electron chi connectivity index (χ4n) is 4.34. The molecular weight excluding hydrogens is 404 g/mol. The number of amidine groups is 1. The van der Waals surface area contributed by atoms with Crippen molar-refractivity contribution in [3.05, 3.63) is 29.8 Å². The van der Waals surface area contributed by atoms with Crippen LogP contribution in [0.1, 0.15) is 57.9 Å². The number of halogens is 1. The normalized spacial score (nSPS) is 21.5. The third-order valence-electron chi connectivity index (χ3n) is 5.91. The number of carbonyl (C=O) groups is 2. The minimum atomic E-state index is -0.108. The van der Waals surface area contributed by atoms with E-state index in [1.165, 1.54) is 0 Å². The molecule has 1 saturated heterocycles. The van der Waals surface area contributed by atoms with E-state index in [-0.39, 0.29) is 42.4 Å². The first-order valence-corrected chi connectivity index (χ1v) is 10.6. The van der Waals surface area contributed by atoms with Gasteiger partial charge in [-0.3, -0.25) is 15.1 Å².